The molecule has 0 aliphatic rings. The lowest BCUT2D eigenvalue weighted by Gasteiger charge is -2.08. The highest BCUT2D eigenvalue weighted by Crippen LogP contribution is 2.24. The number of hydrogen-bond donors (Lipinski definition) is 0. The molecule has 0 aliphatic carbocycles. The Labute approximate surface area is 123 Å². The smallest absolute Gasteiger partial charge is 0.227 e. The van der Waals surface area contributed by atoms with Crippen molar-refractivity contribution in [2.75, 3.05) is 0 Å². The maximum Gasteiger partial charge on any atom is 0.289 e. The molecule has 108 valence electrons. The fourth-order valence-corrected chi connectivity index (χ4v) is 2.92. The highest BCUT2D eigenvalue weighted by Gasteiger charge is 2.27. The van der Waals surface area contributed by atoms with Gasteiger partial charge in [0.15, 0.2) is 0 Å². The molecule has 1 aromatic heterocycles. The number of hydrogen-bond acceptors (Lipinski definition) is 0. The van der Waals surface area contributed by atoms with Crippen LogP contribution in [0.3, 0.4) is 0 Å². The Bertz CT molecular complexity index is 565. The SMILES string of the molecule is CCCC[n+]1c(C)c(C)n(C(C)C)c1-c1ccccc1. The van der Waals surface area contributed by atoms with Crippen LogP contribution in [0.2, 0.25) is 0 Å². The van der Waals surface area contributed by atoms with Crippen LogP contribution in [0.15, 0.2) is 30.3 Å². The van der Waals surface area contributed by atoms with Gasteiger partial charge in [0, 0.05) is 13.8 Å². The van der Waals surface area contributed by atoms with Crippen LogP contribution in [-0.4, -0.2) is 4.57 Å². The Kier molecular flexibility index (Phi) is 4.64. The third-order valence-electron chi connectivity index (χ3n) is 4.06. The van der Waals surface area contributed by atoms with Gasteiger partial charge in [0.1, 0.15) is 11.4 Å². The Balaban J connectivity index is 2.64. The highest BCUT2D eigenvalue weighted by atomic mass is 15.2. The minimum absolute atomic E-state index is 0.479. The van der Waals surface area contributed by atoms with Gasteiger partial charge in [0.25, 0.3) is 5.82 Å². The van der Waals surface area contributed by atoms with E-state index in [-0.39, 0.29) is 0 Å². The van der Waals surface area contributed by atoms with Gasteiger partial charge >= 0.3 is 0 Å². The van der Waals surface area contributed by atoms with Gasteiger partial charge in [0.2, 0.25) is 0 Å². The first-order valence-electron chi connectivity index (χ1n) is 7.74. The van der Waals surface area contributed by atoms with Crippen LogP contribution < -0.4 is 4.57 Å². The van der Waals surface area contributed by atoms with Gasteiger partial charge in [0.05, 0.1) is 18.2 Å². The molecule has 0 bridgehead atoms. The second kappa shape index (κ2) is 6.25. The molecule has 0 saturated carbocycles. The van der Waals surface area contributed by atoms with Crippen molar-refractivity contribution in [1.82, 2.24) is 4.57 Å². The first-order valence-corrected chi connectivity index (χ1v) is 7.74. The molecular formula is C18H27N2+. The molecule has 2 nitrogen and oxygen atoms in total. The normalized spacial score (nSPS) is 11.3. The fraction of sp³-hybridized carbons (Fsp3) is 0.500. The van der Waals surface area contributed by atoms with E-state index in [1.807, 2.05) is 0 Å². The molecule has 0 saturated heterocycles. The van der Waals surface area contributed by atoms with Crippen molar-refractivity contribution in [1.29, 1.82) is 0 Å². The second-order valence-corrected chi connectivity index (χ2v) is 5.83. The molecule has 0 spiro atoms. The third-order valence-corrected chi connectivity index (χ3v) is 4.06. The van der Waals surface area contributed by atoms with Crippen LogP contribution in [0.1, 0.15) is 51.0 Å². The van der Waals surface area contributed by atoms with Crippen molar-refractivity contribution in [2.24, 2.45) is 0 Å². The highest BCUT2D eigenvalue weighted by molar-refractivity contribution is 5.53. The predicted molar refractivity (Wildman–Crippen MR) is 84.8 cm³/mol. The molecule has 0 unspecified atom stereocenters. The summed E-state index contributed by atoms with van der Waals surface area (Å²) >= 11 is 0. The molecule has 0 fully saturated rings. The lowest BCUT2D eigenvalue weighted by atomic mass is 10.2. The fourth-order valence-electron chi connectivity index (χ4n) is 2.92. The average molecular weight is 271 g/mol. The van der Waals surface area contributed by atoms with Crippen LogP contribution in [0.25, 0.3) is 11.4 Å². The van der Waals surface area contributed by atoms with E-state index in [1.165, 1.54) is 35.6 Å². The van der Waals surface area contributed by atoms with Crippen molar-refractivity contribution in [3.63, 3.8) is 0 Å². The monoisotopic (exact) mass is 271 g/mol. The van der Waals surface area contributed by atoms with E-state index in [2.05, 4.69) is 74.1 Å². The number of nitrogens with zero attached hydrogens (tertiary/aromatic N) is 2. The maximum atomic E-state index is 2.49. The zero-order chi connectivity index (χ0) is 14.7. The number of rotatable bonds is 5. The molecule has 0 N–H and O–H groups in total. The van der Waals surface area contributed by atoms with Crippen LogP contribution in [0.5, 0.6) is 0 Å². The van der Waals surface area contributed by atoms with Crippen molar-refractivity contribution in [2.45, 2.75) is 60.0 Å². The Hall–Kier alpha value is -1.57. The number of unbranched alkanes of at least 4 members (excludes halogenated alkanes) is 1. The molecular weight excluding hydrogens is 244 g/mol. The van der Waals surface area contributed by atoms with Crippen molar-refractivity contribution >= 4 is 0 Å². The summed E-state index contributed by atoms with van der Waals surface area (Å²) in [6.07, 6.45) is 2.46. The zero-order valence-corrected chi connectivity index (χ0v) is 13.5. The lowest BCUT2D eigenvalue weighted by molar-refractivity contribution is -0.691. The van der Waals surface area contributed by atoms with Crippen LogP contribution in [0.4, 0.5) is 0 Å². The van der Waals surface area contributed by atoms with E-state index in [4.69, 9.17) is 0 Å². The van der Waals surface area contributed by atoms with Gasteiger partial charge in [-0.05, 0) is 32.4 Å². The van der Waals surface area contributed by atoms with E-state index >= 15 is 0 Å². The summed E-state index contributed by atoms with van der Waals surface area (Å²) in [5, 5.41) is 0. The Morgan fingerprint density at radius 2 is 1.75 bits per heavy atom. The molecule has 0 atom stereocenters. The summed E-state index contributed by atoms with van der Waals surface area (Å²) in [5.41, 5.74) is 4.09. The zero-order valence-electron chi connectivity index (χ0n) is 13.5. The van der Waals surface area contributed by atoms with Gasteiger partial charge in [-0.1, -0.05) is 31.5 Å². The van der Waals surface area contributed by atoms with Crippen molar-refractivity contribution in [3.8, 4) is 11.4 Å². The molecule has 2 rings (SSSR count). The lowest BCUT2D eigenvalue weighted by Crippen LogP contribution is -2.38. The minimum atomic E-state index is 0.479. The van der Waals surface area contributed by atoms with Crippen molar-refractivity contribution < 1.29 is 4.57 Å². The number of imidazole rings is 1. The van der Waals surface area contributed by atoms with E-state index in [0.717, 1.165) is 6.54 Å². The van der Waals surface area contributed by atoms with Crippen LogP contribution in [-0.2, 0) is 6.54 Å². The average Bonchev–Trinajstić information content (AvgIpc) is 2.70. The third kappa shape index (κ3) is 2.65. The number of benzene rings is 1. The molecule has 1 heterocycles. The Morgan fingerprint density at radius 1 is 1.10 bits per heavy atom. The first-order chi connectivity index (χ1) is 9.57. The van der Waals surface area contributed by atoms with E-state index < -0.39 is 0 Å². The van der Waals surface area contributed by atoms with Gasteiger partial charge < -0.3 is 0 Å². The number of aromatic nitrogens is 2. The molecule has 0 amide bonds. The van der Waals surface area contributed by atoms with Gasteiger partial charge in [-0.3, -0.25) is 0 Å². The van der Waals surface area contributed by atoms with E-state index in [9.17, 15) is 0 Å². The van der Waals surface area contributed by atoms with Crippen LogP contribution in [0, 0.1) is 13.8 Å². The molecule has 0 radical (unpaired) electrons. The summed E-state index contributed by atoms with van der Waals surface area (Å²) < 4.78 is 4.97. The summed E-state index contributed by atoms with van der Waals surface area (Å²) in [5.74, 6) is 1.35. The van der Waals surface area contributed by atoms with Crippen molar-refractivity contribution in [3.05, 3.63) is 41.7 Å². The summed E-state index contributed by atoms with van der Waals surface area (Å²) in [4.78, 5) is 0. The minimum Gasteiger partial charge on any atom is -0.227 e. The molecule has 2 aromatic rings. The van der Waals surface area contributed by atoms with E-state index in [1.54, 1.807) is 0 Å². The maximum absolute atomic E-state index is 2.49. The summed E-state index contributed by atoms with van der Waals surface area (Å²) in [6.45, 7) is 12.4. The summed E-state index contributed by atoms with van der Waals surface area (Å²) in [6, 6.07) is 11.3. The van der Waals surface area contributed by atoms with Crippen LogP contribution >= 0.6 is 0 Å². The first kappa shape index (κ1) is 14.8. The second-order valence-electron chi connectivity index (χ2n) is 5.83. The Morgan fingerprint density at radius 3 is 2.30 bits per heavy atom. The quantitative estimate of drug-likeness (QED) is 0.711. The molecule has 1 aromatic carbocycles. The van der Waals surface area contributed by atoms with Gasteiger partial charge in [-0.25, -0.2) is 9.13 Å². The summed E-state index contributed by atoms with van der Waals surface area (Å²) in [7, 11) is 0. The molecule has 20 heavy (non-hydrogen) atoms. The molecule has 2 heteroatoms. The standard InChI is InChI=1S/C18H27N2/c1-6-7-13-19-15(4)16(5)20(14(2)3)18(19)17-11-9-8-10-12-17/h8-12,14H,6-7,13H2,1-5H3/q+1. The topological polar surface area (TPSA) is 8.81 Å². The van der Waals surface area contributed by atoms with Gasteiger partial charge in [-0.15, -0.1) is 0 Å². The largest absolute Gasteiger partial charge is 0.289 e. The molecule has 0 aliphatic heterocycles. The predicted octanol–water partition coefficient (Wildman–Crippen LogP) is 4.44. The van der Waals surface area contributed by atoms with E-state index in [0.29, 0.717) is 6.04 Å². The van der Waals surface area contributed by atoms with Gasteiger partial charge in [-0.2, -0.15) is 0 Å².